The highest BCUT2D eigenvalue weighted by Gasteiger charge is 2.42. The highest BCUT2D eigenvalue weighted by atomic mass is 127. The van der Waals surface area contributed by atoms with Gasteiger partial charge in [0.25, 0.3) is 0 Å². The Morgan fingerprint density at radius 2 is 1.45 bits per heavy atom. The number of aliphatic hydroxyl groups is 1. The van der Waals surface area contributed by atoms with Crippen LogP contribution in [-0.4, -0.2) is 21.7 Å². The highest BCUT2D eigenvalue weighted by Crippen LogP contribution is 2.39. The maximum atomic E-state index is 12.9. The molecule has 0 aromatic heterocycles. The Bertz CT molecular complexity index is 929. The van der Waals surface area contributed by atoms with E-state index in [0.717, 1.165) is 24.3 Å². The van der Waals surface area contributed by atoms with Gasteiger partial charge in [0.1, 0.15) is 0 Å². The number of halogens is 7. The molecule has 1 aliphatic rings. The average Bonchev–Trinajstić information content (AvgIpc) is 2.99. The number of ether oxygens (including phenoxy) is 1. The predicted molar refractivity (Wildman–Crippen MR) is 111 cm³/mol. The van der Waals surface area contributed by atoms with E-state index in [2.05, 4.69) is 5.10 Å². The summed E-state index contributed by atoms with van der Waals surface area (Å²) in [5.74, 6) is -0.742. The van der Waals surface area contributed by atoms with Gasteiger partial charge in [-0.05, 0) is 48.9 Å². The maximum absolute atomic E-state index is 12.9. The number of nitrogens with zero attached hydrogens (tertiary/aromatic N) is 2. The van der Waals surface area contributed by atoms with Crippen LogP contribution in [0.4, 0.5) is 32.0 Å². The van der Waals surface area contributed by atoms with E-state index in [-0.39, 0.29) is 10.3 Å². The summed E-state index contributed by atoms with van der Waals surface area (Å²) in [6.07, 6.45) is -11.1. The summed E-state index contributed by atoms with van der Waals surface area (Å²) in [5, 5.41) is 16.3. The number of hydrazone groups is 1. The lowest BCUT2D eigenvalue weighted by atomic mass is 9.90. The number of anilines is 1. The molecule has 3 atom stereocenters. The van der Waals surface area contributed by atoms with Gasteiger partial charge < -0.3 is 9.84 Å². The maximum Gasteiger partial charge on any atom is 0.416 e. The quantitative estimate of drug-likeness (QED) is 0.278. The van der Waals surface area contributed by atoms with Gasteiger partial charge >= 0.3 is 12.4 Å². The number of rotatable bonds is 5. The van der Waals surface area contributed by atoms with Gasteiger partial charge in [0.2, 0.25) is 0 Å². The van der Waals surface area contributed by atoms with Crippen LogP contribution in [0.5, 0.6) is 0 Å². The minimum atomic E-state index is -4.49. The minimum Gasteiger partial charge on any atom is -0.371 e. The molecule has 2 aromatic carbocycles. The molecule has 168 valence electrons. The second kappa shape index (κ2) is 8.94. The summed E-state index contributed by atoms with van der Waals surface area (Å²) >= 11 is 1.93. The molecule has 3 rings (SSSR count). The number of aliphatic hydroxyl groups excluding tert-OH is 1. The second-order valence-electron chi connectivity index (χ2n) is 6.89. The zero-order valence-electron chi connectivity index (χ0n) is 16.0. The molecular formula is C20H17F6IN2O2. The molecule has 0 saturated carbocycles. The van der Waals surface area contributed by atoms with Gasteiger partial charge in [-0.25, -0.2) is 5.01 Å². The first-order valence-electron chi connectivity index (χ1n) is 8.98. The SMILES string of the molecule is CC1=NN(c2ccc(C(F)(F)F)cc2)C(O)C1C(OCI)c1ccc(C(F)(F)F)cc1. The fourth-order valence-electron chi connectivity index (χ4n) is 3.39. The zero-order chi connectivity index (χ0) is 23.0. The van der Waals surface area contributed by atoms with Crippen LogP contribution in [-0.2, 0) is 17.1 Å². The predicted octanol–water partition coefficient (Wildman–Crippen LogP) is 6.01. The van der Waals surface area contributed by atoms with Crippen molar-refractivity contribution in [2.75, 3.05) is 9.62 Å². The number of hydrogen-bond acceptors (Lipinski definition) is 4. The van der Waals surface area contributed by atoms with Gasteiger partial charge in [0, 0.05) is 5.71 Å². The van der Waals surface area contributed by atoms with Crippen molar-refractivity contribution < 1.29 is 36.2 Å². The van der Waals surface area contributed by atoms with Gasteiger partial charge in [-0.15, -0.1) is 0 Å². The van der Waals surface area contributed by atoms with Gasteiger partial charge in [0.15, 0.2) is 6.23 Å². The molecule has 1 N–H and O–H groups in total. The first-order valence-corrected chi connectivity index (χ1v) is 10.5. The van der Waals surface area contributed by atoms with Gasteiger partial charge in [0.05, 0.1) is 33.4 Å². The van der Waals surface area contributed by atoms with Crippen molar-refractivity contribution in [2.24, 2.45) is 11.0 Å². The van der Waals surface area contributed by atoms with E-state index in [1.54, 1.807) is 6.92 Å². The lowest BCUT2D eigenvalue weighted by molar-refractivity contribution is -0.138. The zero-order valence-corrected chi connectivity index (χ0v) is 18.1. The summed E-state index contributed by atoms with van der Waals surface area (Å²) in [7, 11) is 0. The van der Waals surface area contributed by atoms with Crippen LogP contribution < -0.4 is 5.01 Å². The van der Waals surface area contributed by atoms with Crippen LogP contribution in [0.15, 0.2) is 53.6 Å². The van der Waals surface area contributed by atoms with Crippen molar-refractivity contribution in [2.45, 2.75) is 31.6 Å². The van der Waals surface area contributed by atoms with Crippen molar-refractivity contribution in [3.63, 3.8) is 0 Å². The third kappa shape index (κ3) is 5.14. The fourth-order valence-corrected chi connectivity index (χ4v) is 3.78. The molecule has 0 saturated heterocycles. The summed E-state index contributed by atoms with van der Waals surface area (Å²) in [4.78, 5) is 0. The number of hydrogen-bond donors (Lipinski definition) is 1. The van der Waals surface area contributed by atoms with Crippen molar-refractivity contribution in [1.82, 2.24) is 0 Å². The summed E-state index contributed by atoms with van der Waals surface area (Å²) in [5.41, 5.74) is -0.561. The van der Waals surface area contributed by atoms with E-state index in [4.69, 9.17) is 4.74 Å². The van der Waals surface area contributed by atoms with Crippen LogP contribution >= 0.6 is 22.6 Å². The van der Waals surface area contributed by atoms with E-state index in [0.29, 0.717) is 11.3 Å². The van der Waals surface area contributed by atoms with Crippen LogP contribution in [0.1, 0.15) is 29.7 Å². The number of benzene rings is 2. The molecule has 11 heteroatoms. The number of alkyl halides is 7. The Labute approximate surface area is 187 Å². The molecule has 31 heavy (non-hydrogen) atoms. The molecule has 0 spiro atoms. The van der Waals surface area contributed by atoms with Crippen molar-refractivity contribution >= 4 is 34.0 Å². The van der Waals surface area contributed by atoms with Crippen LogP contribution in [0.25, 0.3) is 0 Å². The standard InChI is InChI=1S/C20H17F6IN2O2/c1-11-16(17(31-10-27)12-2-4-13(5-3-12)19(21,22)23)18(30)29(28-11)15-8-6-14(7-9-15)20(24,25)26/h2-9,16-18,30H,10H2,1H3. The summed E-state index contributed by atoms with van der Waals surface area (Å²) in [6.45, 7) is 1.62. The molecular weight excluding hydrogens is 541 g/mol. The van der Waals surface area contributed by atoms with E-state index in [9.17, 15) is 31.4 Å². The van der Waals surface area contributed by atoms with Crippen LogP contribution in [0.2, 0.25) is 0 Å². The Hall–Kier alpha value is -1.86. The fraction of sp³-hybridized carbons (Fsp3) is 0.350. The summed E-state index contributed by atoms with van der Waals surface area (Å²) < 4.78 is 82.9. The molecule has 3 unspecified atom stereocenters. The van der Waals surface area contributed by atoms with Crippen LogP contribution in [0.3, 0.4) is 0 Å². The van der Waals surface area contributed by atoms with E-state index in [1.165, 1.54) is 29.3 Å². The summed E-state index contributed by atoms with van der Waals surface area (Å²) in [6, 6.07) is 8.57. The monoisotopic (exact) mass is 558 g/mol. The Kier molecular flexibility index (Phi) is 6.87. The second-order valence-corrected chi connectivity index (χ2v) is 7.51. The normalized spacial score (nSPS) is 20.7. The van der Waals surface area contributed by atoms with Gasteiger partial charge in [-0.3, -0.25) is 0 Å². The van der Waals surface area contributed by atoms with Gasteiger partial charge in [-0.2, -0.15) is 31.4 Å². The average molecular weight is 558 g/mol. The molecule has 0 radical (unpaired) electrons. The Morgan fingerprint density at radius 3 is 1.90 bits per heavy atom. The van der Waals surface area contributed by atoms with E-state index < -0.39 is 41.7 Å². The minimum absolute atomic E-state index is 0.195. The Morgan fingerprint density at radius 1 is 0.968 bits per heavy atom. The molecule has 0 fully saturated rings. The topological polar surface area (TPSA) is 45.1 Å². The van der Waals surface area contributed by atoms with E-state index >= 15 is 0 Å². The molecule has 2 aromatic rings. The third-order valence-electron chi connectivity index (χ3n) is 4.91. The molecule has 1 heterocycles. The highest BCUT2D eigenvalue weighted by molar-refractivity contribution is 14.1. The van der Waals surface area contributed by atoms with Crippen molar-refractivity contribution in [3.8, 4) is 0 Å². The third-order valence-corrected chi connectivity index (χ3v) is 5.27. The van der Waals surface area contributed by atoms with Gasteiger partial charge in [-0.1, -0.05) is 34.7 Å². The molecule has 0 aliphatic carbocycles. The first-order chi connectivity index (χ1) is 14.4. The van der Waals surface area contributed by atoms with Crippen molar-refractivity contribution in [3.05, 3.63) is 65.2 Å². The smallest absolute Gasteiger partial charge is 0.371 e. The molecule has 1 aliphatic heterocycles. The molecule has 0 bridgehead atoms. The largest absolute Gasteiger partial charge is 0.416 e. The van der Waals surface area contributed by atoms with Crippen molar-refractivity contribution in [1.29, 1.82) is 0 Å². The first kappa shape index (κ1) is 23.8. The lowest BCUT2D eigenvalue weighted by Crippen LogP contribution is -2.37. The van der Waals surface area contributed by atoms with Crippen LogP contribution in [0, 0.1) is 5.92 Å². The lowest BCUT2D eigenvalue weighted by Gasteiger charge is -2.29. The Balaban J connectivity index is 1.88. The van der Waals surface area contributed by atoms with E-state index in [1.807, 2.05) is 22.6 Å². The molecule has 4 nitrogen and oxygen atoms in total. The molecule has 0 amide bonds.